The van der Waals surface area contributed by atoms with Crippen LogP contribution in [0.5, 0.6) is 5.75 Å². The lowest BCUT2D eigenvalue weighted by Gasteiger charge is -2.15. The minimum Gasteiger partial charge on any atom is -0.757 e. The summed E-state index contributed by atoms with van der Waals surface area (Å²) in [5, 5.41) is 0. The van der Waals surface area contributed by atoms with E-state index in [9.17, 15) is 9.46 Å². The topological polar surface area (TPSA) is 49.4 Å². The van der Waals surface area contributed by atoms with Crippen molar-refractivity contribution in [1.29, 1.82) is 0 Å². The molecule has 0 aliphatic carbocycles. The smallest absolute Gasteiger partial charge is 0.275 e. The van der Waals surface area contributed by atoms with Crippen LogP contribution in [0.1, 0.15) is 0 Å². The monoisotopic (exact) mass is 191 g/mol. The van der Waals surface area contributed by atoms with Crippen molar-refractivity contribution in [2.45, 2.75) is 0 Å². The molecule has 60 valence electrons. The predicted molar refractivity (Wildman–Crippen MR) is 40.5 cm³/mol. The molecule has 0 spiro atoms. The fourth-order valence-electron chi connectivity index (χ4n) is 0.607. The molecule has 3 nitrogen and oxygen atoms in total. The van der Waals surface area contributed by atoms with Crippen LogP contribution in [0.4, 0.5) is 0 Å². The molecule has 5 heteroatoms. The summed E-state index contributed by atoms with van der Waals surface area (Å²) >= 11 is 4.85. The average molecular weight is 192 g/mol. The molecule has 1 aromatic rings. The number of rotatable bonds is 2. The zero-order valence-electron chi connectivity index (χ0n) is 5.44. The summed E-state index contributed by atoms with van der Waals surface area (Å²) in [5.74, 6) is 0.223. The second-order valence-corrected chi connectivity index (χ2v) is 4.12. The van der Waals surface area contributed by atoms with Gasteiger partial charge < -0.3 is 9.42 Å². The SMILES string of the molecule is O=P([O-])(Cl)Oc1ccccc1. The van der Waals surface area contributed by atoms with Crippen molar-refractivity contribution in [3.63, 3.8) is 0 Å². The summed E-state index contributed by atoms with van der Waals surface area (Å²) in [6, 6.07) is 8.07. The van der Waals surface area contributed by atoms with Crippen LogP contribution < -0.4 is 9.42 Å². The van der Waals surface area contributed by atoms with E-state index in [1.54, 1.807) is 18.2 Å². The maximum Gasteiger partial charge on any atom is 0.275 e. The summed E-state index contributed by atoms with van der Waals surface area (Å²) in [7, 11) is 0. The van der Waals surface area contributed by atoms with E-state index in [1.807, 2.05) is 0 Å². The zero-order valence-corrected chi connectivity index (χ0v) is 7.09. The standard InChI is InChI=1S/C6H6ClO3P/c7-11(8,9)10-6-4-2-1-3-5-6/h1-5H,(H,8,9)/p-1. The molecule has 1 aromatic carbocycles. The predicted octanol–water partition coefficient (Wildman–Crippen LogP) is 1.77. The zero-order chi connectivity index (χ0) is 8.32. The Hall–Kier alpha value is -0.500. The molecule has 1 rings (SSSR count). The molecule has 0 aliphatic rings. The molecule has 0 saturated carbocycles. The highest BCUT2D eigenvalue weighted by atomic mass is 35.7. The van der Waals surface area contributed by atoms with Crippen molar-refractivity contribution in [2.75, 3.05) is 0 Å². The van der Waals surface area contributed by atoms with Crippen molar-refractivity contribution in [3.8, 4) is 5.75 Å². The molecule has 0 aliphatic heterocycles. The van der Waals surface area contributed by atoms with E-state index in [4.69, 9.17) is 11.2 Å². The molecule has 0 amide bonds. The molecule has 1 atom stereocenters. The van der Waals surface area contributed by atoms with Crippen molar-refractivity contribution in [1.82, 2.24) is 0 Å². The van der Waals surface area contributed by atoms with Crippen LogP contribution in [0.2, 0.25) is 0 Å². The summed E-state index contributed by atoms with van der Waals surface area (Å²) in [6.07, 6.45) is 0. The third-order valence-electron chi connectivity index (χ3n) is 0.958. The lowest BCUT2D eigenvalue weighted by Crippen LogP contribution is -2.00. The van der Waals surface area contributed by atoms with Crippen LogP contribution in [0, 0.1) is 0 Å². The van der Waals surface area contributed by atoms with Crippen LogP contribution in [-0.4, -0.2) is 0 Å². The summed E-state index contributed by atoms with van der Waals surface area (Å²) in [6.45, 7) is -4.17. The van der Waals surface area contributed by atoms with Gasteiger partial charge in [0.1, 0.15) is 5.75 Å². The molecule has 11 heavy (non-hydrogen) atoms. The van der Waals surface area contributed by atoms with E-state index >= 15 is 0 Å². The van der Waals surface area contributed by atoms with E-state index in [-0.39, 0.29) is 5.75 Å². The highest BCUT2D eigenvalue weighted by Gasteiger charge is 2.02. The molecule has 0 fully saturated rings. The molecule has 1 unspecified atom stereocenters. The molecule has 0 radical (unpaired) electrons. The Kier molecular flexibility index (Phi) is 2.55. The Morgan fingerprint density at radius 1 is 1.36 bits per heavy atom. The summed E-state index contributed by atoms with van der Waals surface area (Å²) in [4.78, 5) is 10.4. The molecular weight excluding hydrogens is 186 g/mol. The molecule has 0 saturated heterocycles. The first-order valence-corrected chi connectivity index (χ1v) is 5.28. The quantitative estimate of drug-likeness (QED) is 0.670. The largest absolute Gasteiger partial charge is 0.757 e. The van der Waals surface area contributed by atoms with E-state index in [2.05, 4.69) is 4.52 Å². The van der Waals surface area contributed by atoms with Gasteiger partial charge in [-0.3, -0.25) is 4.57 Å². The van der Waals surface area contributed by atoms with E-state index in [1.165, 1.54) is 12.1 Å². The van der Waals surface area contributed by atoms with E-state index in [0.29, 0.717) is 0 Å². The second-order valence-electron chi connectivity index (χ2n) is 1.83. The van der Waals surface area contributed by atoms with Crippen LogP contribution in [-0.2, 0) is 4.57 Å². The second kappa shape index (κ2) is 3.26. The summed E-state index contributed by atoms with van der Waals surface area (Å²) in [5.41, 5.74) is 0. The lowest BCUT2D eigenvalue weighted by molar-refractivity contribution is -0.183. The van der Waals surface area contributed by atoms with Gasteiger partial charge in [0.25, 0.3) is 6.95 Å². The van der Waals surface area contributed by atoms with Gasteiger partial charge in [-0.2, -0.15) is 0 Å². The van der Waals surface area contributed by atoms with E-state index in [0.717, 1.165) is 0 Å². The lowest BCUT2D eigenvalue weighted by atomic mass is 10.3. The van der Waals surface area contributed by atoms with Gasteiger partial charge >= 0.3 is 0 Å². The third kappa shape index (κ3) is 3.42. The van der Waals surface area contributed by atoms with Crippen molar-refractivity contribution < 1.29 is 14.0 Å². The van der Waals surface area contributed by atoms with Crippen molar-refractivity contribution in [3.05, 3.63) is 30.3 Å². The highest BCUT2D eigenvalue weighted by Crippen LogP contribution is 2.42. The number of benzene rings is 1. The Balaban J connectivity index is 2.74. The van der Waals surface area contributed by atoms with Crippen LogP contribution in [0.15, 0.2) is 30.3 Å². The fourth-order valence-corrected chi connectivity index (χ4v) is 1.22. The Labute approximate surface area is 68.9 Å². The Morgan fingerprint density at radius 2 is 1.91 bits per heavy atom. The molecule has 0 bridgehead atoms. The number of halogens is 1. The molecule has 0 aromatic heterocycles. The number of para-hydroxylation sites is 1. The van der Waals surface area contributed by atoms with Crippen LogP contribution >= 0.6 is 18.2 Å². The van der Waals surface area contributed by atoms with Gasteiger partial charge in [0, 0.05) is 0 Å². The maximum absolute atomic E-state index is 10.4. The van der Waals surface area contributed by atoms with Gasteiger partial charge in [-0.25, -0.2) is 0 Å². The third-order valence-corrected chi connectivity index (χ3v) is 1.59. The normalized spacial score (nSPS) is 15.5. The van der Waals surface area contributed by atoms with Crippen molar-refractivity contribution in [2.24, 2.45) is 0 Å². The maximum atomic E-state index is 10.4. The summed E-state index contributed by atoms with van der Waals surface area (Å²) < 4.78 is 14.7. The molecule has 0 heterocycles. The fraction of sp³-hybridized carbons (Fsp3) is 0. The first-order chi connectivity index (χ1) is 5.08. The van der Waals surface area contributed by atoms with Gasteiger partial charge in [-0.15, -0.1) is 0 Å². The van der Waals surface area contributed by atoms with Gasteiger partial charge in [0.15, 0.2) is 0 Å². The van der Waals surface area contributed by atoms with E-state index < -0.39 is 6.95 Å². The number of hydrogen-bond acceptors (Lipinski definition) is 3. The van der Waals surface area contributed by atoms with Gasteiger partial charge in [0.05, 0.1) is 0 Å². The average Bonchev–Trinajstić information content (AvgIpc) is 1.85. The highest BCUT2D eigenvalue weighted by molar-refractivity contribution is 7.79. The Morgan fingerprint density at radius 3 is 2.36 bits per heavy atom. The van der Waals surface area contributed by atoms with Gasteiger partial charge in [0.2, 0.25) is 0 Å². The first kappa shape index (κ1) is 8.60. The molecular formula is C6H5ClO3P-. The van der Waals surface area contributed by atoms with Gasteiger partial charge in [-0.1, -0.05) is 18.2 Å². The minimum absolute atomic E-state index is 0.223. The van der Waals surface area contributed by atoms with Gasteiger partial charge in [-0.05, 0) is 23.4 Å². The number of hydrogen-bond donors (Lipinski definition) is 0. The van der Waals surface area contributed by atoms with Crippen molar-refractivity contribution >= 4 is 18.2 Å². The van der Waals surface area contributed by atoms with Crippen LogP contribution in [0.25, 0.3) is 0 Å². The molecule has 0 N–H and O–H groups in total. The van der Waals surface area contributed by atoms with Crippen LogP contribution in [0.3, 0.4) is 0 Å². The minimum atomic E-state index is -4.17. The first-order valence-electron chi connectivity index (χ1n) is 2.83. The Bertz CT molecular complexity index is 268.